The number of para-hydroxylation sites is 2. The van der Waals surface area contributed by atoms with Crippen molar-refractivity contribution in [1.82, 2.24) is 10.6 Å². The molecule has 1 atom stereocenters. The normalized spacial score (nSPS) is 11.5. The second kappa shape index (κ2) is 8.80. The molecule has 0 aliphatic heterocycles. The van der Waals surface area contributed by atoms with Crippen LogP contribution in [0.25, 0.3) is 0 Å². The molecule has 0 radical (unpaired) electrons. The summed E-state index contributed by atoms with van der Waals surface area (Å²) in [4.78, 5) is 23.3. The van der Waals surface area contributed by atoms with Gasteiger partial charge in [-0.2, -0.15) is 0 Å². The molecule has 1 rings (SSSR count). The van der Waals surface area contributed by atoms with E-state index in [0.29, 0.717) is 24.6 Å². The third kappa shape index (κ3) is 6.13. The molecule has 0 aliphatic rings. The highest BCUT2D eigenvalue weighted by atomic mass is 16.5. The quantitative estimate of drug-likeness (QED) is 0.459. The van der Waals surface area contributed by atoms with Crippen molar-refractivity contribution in [2.75, 3.05) is 32.6 Å². The lowest BCUT2D eigenvalue weighted by Crippen LogP contribution is -2.46. The minimum Gasteiger partial charge on any atom is -0.482 e. The van der Waals surface area contributed by atoms with E-state index in [2.05, 4.69) is 10.6 Å². The number of anilines is 1. The summed E-state index contributed by atoms with van der Waals surface area (Å²) in [6.07, 6.45) is 0. The van der Waals surface area contributed by atoms with Crippen LogP contribution in [0.4, 0.5) is 5.69 Å². The Hall–Kier alpha value is -2.28. The molecule has 21 heavy (non-hydrogen) atoms. The molecule has 1 aromatic rings. The van der Waals surface area contributed by atoms with Crippen LogP contribution >= 0.6 is 0 Å². The van der Waals surface area contributed by atoms with Gasteiger partial charge in [-0.05, 0) is 19.1 Å². The molecule has 4 N–H and O–H groups in total. The van der Waals surface area contributed by atoms with Gasteiger partial charge >= 0.3 is 0 Å². The first kappa shape index (κ1) is 16.8. The van der Waals surface area contributed by atoms with Crippen molar-refractivity contribution in [3.8, 4) is 5.75 Å². The smallest absolute Gasteiger partial charge is 0.258 e. The van der Waals surface area contributed by atoms with Crippen LogP contribution in [0.3, 0.4) is 0 Å². The van der Waals surface area contributed by atoms with Crippen molar-refractivity contribution in [2.45, 2.75) is 13.0 Å². The molecule has 1 unspecified atom stereocenters. The van der Waals surface area contributed by atoms with Crippen molar-refractivity contribution in [3.63, 3.8) is 0 Å². The van der Waals surface area contributed by atoms with Gasteiger partial charge in [0, 0.05) is 13.7 Å². The van der Waals surface area contributed by atoms with Crippen LogP contribution in [0.15, 0.2) is 24.3 Å². The van der Waals surface area contributed by atoms with Gasteiger partial charge in [-0.1, -0.05) is 12.1 Å². The zero-order chi connectivity index (χ0) is 15.7. The minimum absolute atomic E-state index is 0.204. The van der Waals surface area contributed by atoms with E-state index in [-0.39, 0.29) is 12.5 Å². The highest BCUT2D eigenvalue weighted by Crippen LogP contribution is 2.19. The first-order valence-corrected chi connectivity index (χ1v) is 6.58. The SMILES string of the molecule is COCCNC(=O)C(C)NC(=O)COc1ccccc1N. The Labute approximate surface area is 123 Å². The molecule has 116 valence electrons. The van der Waals surface area contributed by atoms with Gasteiger partial charge in [-0.3, -0.25) is 9.59 Å². The van der Waals surface area contributed by atoms with E-state index in [1.165, 1.54) is 0 Å². The third-order valence-corrected chi connectivity index (χ3v) is 2.65. The fraction of sp³-hybridized carbons (Fsp3) is 0.429. The zero-order valence-corrected chi connectivity index (χ0v) is 12.2. The average Bonchev–Trinajstić information content (AvgIpc) is 2.46. The van der Waals surface area contributed by atoms with Gasteiger partial charge in [-0.15, -0.1) is 0 Å². The lowest BCUT2D eigenvalue weighted by atomic mass is 10.3. The predicted octanol–water partition coefficient (Wildman–Crippen LogP) is -0.0851. The minimum atomic E-state index is -0.647. The molecule has 7 heteroatoms. The Morgan fingerprint density at radius 3 is 2.71 bits per heavy atom. The van der Waals surface area contributed by atoms with Crippen molar-refractivity contribution in [3.05, 3.63) is 24.3 Å². The molecule has 0 saturated heterocycles. The number of nitrogens with one attached hydrogen (secondary N) is 2. The number of nitrogens with two attached hydrogens (primary N) is 1. The largest absolute Gasteiger partial charge is 0.482 e. The summed E-state index contributed by atoms with van der Waals surface area (Å²) in [5, 5.41) is 5.17. The maximum atomic E-state index is 11.7. The molecule has 0 aromatic heterocycles. The number of ether oxygens (including phenoxy) is 2. The molecule has 7 nitrogen and oxygen atoms in total. The van der Waals surface area contributed by atoms with Gasteiger partial charge in [0.25, 0.3) is 5.91 Å². The van der Waals surface area contributed by atoms with Crippen molar-refractivity contribution in [1.29, 1.82) is 0 Å². The van der Waals surface area contributed by atoms with E-state index in [1.54, 1.807) is 38.3 Å². The molecule has 2 amide bonds. The topological polar surface area (TPSA) is 103 Å². The summed E-state index contributed by atoms with van der Waals surface area (Å²) >= 11 is 0. The molecule has 0 spiro atoms. The van der Waals surface area contributed by atoms with Gasteiger partial charge in [-0.25, -0.2) is 0 Å². The fourth-order valence-electron chi connectivity index (χ4n) is 1.53. The van der Waals surface area contributed by atoms with Gasteiger partial charge in [0.05, 0.1) is 12.3 Å². The number of amides is 2. The fourth-order valence-corrected chi connectivity index (χ4v) is 1.53. The number of rotatable bonds is 8. The van der Waals surface area contributed by atoms with Crippen LogP contribution in [-0.4, -0.2) is 44.7 Å². The summed E-state index contributed by atoms with van der Waals surface area (Å²) < 4.78 is 10.1. The van der Waals surface area contributed by atoms with Crippen molar-refractivity contribution in [2.24, 2.45) is 0 Å². The summed E-state index contributed by atoms with van der Waals surface area (Å²) in [7, 11) is 1.55. The van der Waals surface area contributed by atoms with Crippen LogP contribution < -0.4 is 21.1 Å². The maximum Gasteiger partial charge on any atom is 0.258 e. The van der Waals surface area contributed by atoms with E-state index in [1.807, 2.05) is 0 Å². The van der Waals surface area contributed by atoms with Gasteiger partial charge in [0.15, 0.2) is 6.61 Å². The van der Waals surface area contributed by atoms with Crippen LogP contribution in [0.5, 0.6) is 5.75 Å². The molecule has 0 bridgehead atoms. The number of hydrogen-bond donors (Lipinski definition) is 3. The Balaban J connectivity index is 2.33. The highest BCUT2D eigenvalue weighted by Gasteiger charge is 2.15. The zero-order valence-electron chi connectivity index (χ0n) is 12.2. The number of carbonyl (C=O) groups excluding carboxylic acids is 2. The first-order valence-electron chi connectivity index (χ1n) is 6.58. The molecule has 0 saturated carbocycles. The third-order valence-electron chi connectivity index (χ3n) is 2.65. The summed E-state index contributed by atoms with van der Waals surface area (Å²) in [6, 6.07) is 6.23. The monoisotopic (exact) mass is 295 g/mol. The molecule has 0 aliphatic carbocycles. The second-order valence-electron chi connectivity index (χ2n) is 4.40. The average molecular weight is 295 g/mol. The first-order chi connectivity index (χ1) is 10.0. The Morgan fingerprint density at radius 2 is 2.05 bits per heavy atom. The van der Waals surface area contributed by atoms with Crippen LogP contribution in [-0.2, 0) is 14.3 Å². The van der Waals surface area contributed by atoms with Crippen molar-refractivity contribution >= 4 is 17.5 Å². The van der Waals surface area contributed by atoms with Gasteiger partial charge in [0.1, 0.15) is 11.8 Å². The number of methoxy groups -OCH3 is 1. The van der Waals surface area contributed by atoms with Crippen molar-refractivity contribution < 1.29 is 19.1 Å². The lowest BCUT2D eigenvalue weighted by Gasteiger charge is -2.14. The Kier molecular flexibility index (Phi) is 7.03. The number of nitrogen functional groups attached to an aromatic ring is 1. The lowest BCUT2D eigenvalue weighted by molar-refractivity contribution is -0.129. The number of carbonyl (C=O) groups is 2. The Morgan fingerprint density at radius 1 is 1.33 bits per heavy atom. The van der Waals surface area contributed by atoms with E-state index < -0.39 is 11.9 Å². The molecular formula is C14H21N3O4. The number of hydrogen-bond acceptors (Lipinski definition) is 5. The van der Waals surface area contributed by atoms with Gasteiger partial charge < -0.3 is 25.8 Å². The van der Waals surface area contributed by atoms with E-state index in [0.717, 1.165) is 0 Å². The second-order valence-corrected chi connectivity index (χ2v) is 4.40. The summed E-state index contributed by atoms with van der Waals surface area (Å²) in [5.41, 5.74) is 6.15. The van der Waals surface area contributed by atoms with Crippen LogP contribution in [0.1, 0.15) is 6.92 Å². The predicted molar refractivity (Wildman–Crippen MR) is 78.8 cm³/mol. The van der Waals surface area contributed by atoms with Gasteiger partial charge in [0.2, 0.25) is 5.91 Å². The van der Waals surface area contributed by atoms with Crippen LogP contribution in [0.2, 0.25) is 0 Å². The summed E-state index contributed by atoms with van der Waals surface area (Å²) in [6.45, 7) is 2.20. The standard InChI is InChI=1S/C14H21N3O4/c1-10(14(19)16-7-8-20-2)17-13(18)9-21-12-6-4-3-5-11(12)15/h3-6,10H,7-9,15H2,1-2H3,(H,16,19)(H,17,18). The maximum absolute atomic E-state index is 11.7. The molecule has 1 aromatic carbocycles. The molecule has 0 fully saturated rings. The molecular weight excluding hydrogens is 274 g/mol. The Bertz CT molecular complexity index is 479. The van der Waals surface area contributed by atoms with E-state index in [4.69, 9.17) is 15.2 Å². The molecule has 0 heterocycles. The highest BCUT2D eigenvalue weighted by molar-refractivity contribution is 5.87. The summed E-state index contributed by atoms with van der Waals surface area (Å²) in [5.74, 6) is -0.239. The van der Waals surface area contributed by atoms with E-state index in [9.17, 15) is 9.59 Å². The number of benzene rings is 1. The van der Waals surface area contributed by atoms with Crippen LogP contribution in [0, 0.1) is 0 Å². The van der Waals surface area contributed by atoms with E-state index >= 15 is 0 Å².